The maximum absolute atomic E-state index is 11.3. The van der Waals surface area contributed by atoms with Crippen molar-refractivity contribution in [2.75, 3.05) is 13.2 Å². The van der Waals surface area contributed by atoms with Gasteiger partial charge in [-0.2, -0.15) is 0 Å². The molecule has 0 spiro atoms. The third-order valence-corrected chi connectivity index (χ3v) is 2.40. The summed E-state index contributed by atoms with van der Waals surface area (Å²) < 4.78 is 10.5. The minimum atomic E-state index is -0.0612. The van der Waals surface area contributed by atoms with Gasteiger partial charge < -0.3 is 9.47 Å². The first kappa shape index (κ1) is 11.5. The van der Waals surface area contributed by atoms with E-state index in [1.165, 1.54) is 0 Å². The van der Waals surface area contributed by atoms with E-state index in [1.807, 2.05) is 0 Å². The molecule has 0 aromatic heterocycles. The molecule has 3 nitrogen and oxygen atoms in total. The Bertz CT molecular complexity index is 162. The van der Waals surface area contributed by atoms with Crippen LogP contribution in [0.15, 0.2) is 0 Å². The highest BCUT2D eigenvalue weighted by Crippen LogP contribution is 2.11. The topological polar surface area (TPSA) is 35.5 Å². The van der Waals surface area contributed by atoms with Gasteiger partial charge in [0.2, 0.25) is 0 Å². The number of unbranched alkanes of at least 4 members (excludes halogenated alkanes) is 2. The molecular weight excluding hydrogens is 180 g/mol. The molecule has 0 aromatic carbocycles. The summed E-state index contributed by atoms with van der Waals surface area (Å²) in [6.45, 7) is 3.52. The van der Waals surface area contributed by atoms with Gasteiger partial charge in [-0.05, 0) is 19.3 Å². The highest BCUT2D eigenvalue weighted by molar-refractivity contribution is 5.69. The van der Waals surface area contributed by atoms with Gasteiger partial charge >= 0.3 is 5.97 Å². The van der Waals surface area contributed by atoms with Gasteiger partial charge in [0.25, 0.3) is 0 Å². The zero-order valence-electron chi connectivity index (χ0n) is 8.96. The van der Waals surface area contributed by atoms with E-state index in [-0.39, 0.29) is 12.1 Å². The Morgan fingerprint density at radius 3 is 3.00 bits per heavy atom. The van der Waals surface area contributed by atoms with Crippen LogP contribution in [0.4, 0.5) is 0 Å². The summed E-state index contributed by atoms with van der Waals surface area (Å²) in [5, 5.41) is 0. The van der Waals surface area contributed by atoms with Gasteiger partial charge in [0.1, 0.15) is 6.10 Å². The highest BCUT2D eigenvalue weighted by atomic mass is 16.6. The summed E-state index contributed by atoms with van der Waals surface area (Å²) in [5.74, 6) is -0.0612. The third kappa shape index (κ3) is 4.61. The summed E-state index contributed by atoms with van der Waals surface area (Å²) in [4.78, 5) is 11.3. The van der Waals surface area contributed by atoms with E-state index in [2.05, 4.69) is 6.92 Å². The van der Waals surface area contributed by atoms with E-state index in [1.54, 1.807) is 0 Å². The summed E-state index contributed by atoms with van der Waals surface area (Å²) in [5.41, 5.74) is 0. The van der Waals surface area contributed by atoms with Crippen LogP contribution in [-0.2, 0) is 14.3 Å². The second-order valence-electron chi connectivity index (χ2n) is 3.79. The molecule has 0 bridgehead atoms. The number of ether oxygens (including phenoxy) is 2. The van der Waals surface area contributed by atoms with Crippen LogP contribution in [0.25, 0.3) is 0 Å². The van der Waals surface area contributed by atoms with Crippen molar-refractivity contribution in [1.29, 1.82) is 0 Å². The number of carbonyl (C=O) groups excluding carboxylic acids is 1. The molecule has 0 aromatic rings. The molecule has 1 saturated heterocycles. The Labute approximate surface area is 85.8 Å². The van der Waals surface area contributed by atoms with E-state index in [0.29, 0.717) is 13.0 Å². The largest absolute Gasteiger partial charge is 0.460 e. The fourth-order valence-electron chi connectivity index (χ4n) is 1.57. The van der Waals surface area contributed by atoms with Crippen molar-refractivity contribution in [3.63, 3.8) is 0 Å². The molecule has 14 heavy (non-hydrogen) atoms. The third-order valence-electron chi connectivity index (χ3n) is 2.40. The smallest absolute Gasteiger partial charge is 0.306 e. The SMILES string of the molecule is CCCCCC(=O)OC1CCCOC1. The van der Waals surface area contributed by atoms with Crippen molar-refractivity contribution in [3.05, 3.63) is 0 Å². The molecule has 1 atom stereocenters. The first-order valence-electron chi connectivity index (χ1n) is 5.60. The van der Waals surface area contributed by atoms with Crippen LogP contribution in [0, 0.1) is 0 Å². The Hall–Kier alpha value is -0.570. The van der Waals surface area contributed by atoms with E-state index in [9.17, 15) is 4.79 Å². The Morgan fingerprint density at radius 2 is 2.36 bits per heavy atom. The molecule has 0 aliphatic carbocycles. The Kier molecular flexibility index (Phi) is 5.60. The van der Waals surface area contributed by atoms with E-state index in [4.69, 9.17) is 9.47 Å². The van der Waals surface area contributed by atoms with Crippen molar-refractivity contribution < 1.29 is 14.3 Å². The highest BCUT2D eigenvalue weighted by Gasteiger charge is 2.17. The van der Waals surface area contributed by atoms with Crippen LogP contribution >= 0.6 is 0 Å². The molecule has 0 radical (unpaired) electrons. The fourth-order valence-corrected chi connectivity index (χ4v) is 1.57. The summed E-state index contributed by atoms with van der Waals surface area (Å²) in [6, 6.07) is 0. The number of esters is 1. The van der Waals surface area contributed by atoms with Crippen molar-refractivity contribution >= 4 is 5.97 Å². The molecular formula is C11H20O3. The van der Waals surface area contributed by atoms with Gasteiger partial charge in [-0.15, -0.1) is 0 Å². The molecule has 82 valence electrons. The monoisotopic (exact) mass is 200 g/mol. The van der Waals surface area contributed by atoms with Crippen molar-refractivity contribution in [3.8, 4) is 0 Å². The zero-order valence-corrected chi connectivity index (χ0v) is 8.96. The van der Waals surface area contributed by atoms with Gasteiger partial charge in [0, 0.05) is 13.0 Å². The Morgan fingerprint density at radius 1 is 1.50 bits per heavy atom. The lowest BCUT2D eigenvalue weighted by Gasteiger charge is -2.22. The molecule has 1 heterocycles. The maximum Gasteiger partial charge on any atom is 0.306 e. The second kappa shape index (κ2) is 6.82. The van der Waals surface area contributed by atoms with E-state index >= 15 is 0 Å². The second-order valence-corrected chi connectivity index (χ2v) is 3.79. The molecule has 1 aliphatic heterocycles. The minimum absolute atomic E-state index is 0.0119. The lowest BCUT2D eigenvalue weighted by atomic mass is 10.1. The first-order chi connectivity index (χ1) is 6.83. The number of hydrogen-bond donors (Lipinski definition) is 0. The van der Waals surface area contributed by atoms with Gasteiger partial charge in [-0.1, -0.05) is 19.8 Å². The van der Waals surface area contributed by atoms with Crippen molar-refractivity contribution in [2.24, 2.45) is 0 Å². The predicted molar refractivity (Wildman–Crippen MR) is 54.1 cm³/mol. The van der Waals surface area contributed by atoms with Gasteiger partial charge in [0.05, 0.1) is 6.61 Å². The molecule has 0 amide bonds. The van der Waals surface area contributed by atoms with Crippen LogP contribution in [0.5, 0.6) is 0 Å². The van der Waals surface area contributed by atoms with Gasteiger partial charge in [0.15, 0.2) is 0 Å². The zero-order chi connectivity index (χ0) is 10.2. The van der Waals surface area contributed by atoms with Gasteiger partial charge in [-0.25, -0.2) is 0 Å². The number of hydrogen-bond acceptors (Lipinski definition) is 3. The van der Waals surface area contributed by atoms with Crippen molar-refractivity contribution in [2.45, 2.75) is 51.6 Å². The molecule has 1 fully saturated rings. The average Bonchev–Trinajstić information content (AvgIpc) is 2.20. The molecule has 0 saturated carbocycles. The first-order valence-corrected chi connectivity index (χ1v) is 5.60. The molecule has 3 heteroatoms. The molecule has 1 rings (SSSR count). The summed E-state index contributed by atoms with van der Waals surface area (Å²) in [6.07, 6.45) is 5.73. The lowest BCUT2D eigenvalue weighted by Crippen LogP contribution is -2.27. The van der Waals surface area contributed by atoms with Crippen LogP contribution in [-0.4, -0.2) is 25.3 Å². The van der Waals surface area contributed by atoms with E-state index < -0.39 is 0 Å². The van der Waals surface area contributed by atoms with Crippen LogP contribution in [0.3, 0.4) is 0 Å². The molecule has 0 N–H and O–H groups in total. The van der Waals surface area contributed by atoms with Gasteiger partial charge in [-0.3, -0.25) is 4.79 Å². The normalized spacial score (nSPS) is 21.9. The lowest BCUT2D eigenvalue weighted by molar-refractivity contribution is -0.155. The number of carbonyl (C=O) groups is 1. The minimum Gasteiger partial charge on any atom is -0.460 e. The average molecular weight is 200 g/mol. The number of rotatable bonds is 5. The fraction of sp³-hybridized carbons (Fsp3) is 0.909. The molecule has 1 aliphatic rings. The van der Waals surface area contributed by atoms with Crippen LogP contribution < -0.4 is 0 Å². The van der Waals surface area contributed by atoms with Crippen molar-refractivity contribution in [1.82, 2.24) is 0 Å². The quantitative estimate of drug-likeness (QED) is 0.504. The van der Waals surface area contributed by atoms with E-state index in [0.717, 1.165) is 38.7 Å². The molecule has 1 unspecified atom stereocenters. The summed E-state index contributed by atoms with van der Waals surface area (Å²) in [7, 11) is 0. The predicted octanol–water partition coefficient (Wildman–Crippen LogP) is 2.29. The van der Waals surface area contributed by atoms with Crippen LogP contribution in [0.2, 0.25) is 0 Å². The summed E-state index contributed by atoms with van der Waals surface area (Å²) >= 11 is 0. The maximum atomic E-state index is 11.3. The Balaban J connectivity index is 2.06. The standard InChI is InChI=1S/C11H20O3/c1-2-3-4-7-11(12)14-10-6-5-8-13-9-10/h10H,2-9H2,1H3. The van der Waals surface area contributed by atoms with Crippen LogP contribution in [0.1, 0.15) is 45.4 Å².